The van der Waals surface area contributed by atoms with Crippen molar-refractivity contribution in [3.8, 4) is 0 Å². The summed E-state index contributed by atoms with van der Waals surface area (Å²) in [6, 6.07) is 2.35. The van der Waals surface area contributed by atoms with Crippen molar-refractivity contribution in [3.05, 3.63) is 29.8 Å². The summed E-state index contributed by atoms with van der Waals surface area (Å²) in [6.45, 7) is 3.72. The Labute approximate surface area is 126 Å². The van der Waals surface area contributed by atoms with Crippen LogP contribution in [0, 0.1) is 5.92 Å². The Morgan fingerprint density at radius 1 is 1.18 bits per heavy atom. The van der Waals surface area contributed by atoms with Crippen molar-refractivity contribution in [2.75, 3.05) is 5.32 Å². The fourth-order valence-corrected chi connectivity index (χ4v) is 1.85. The lowest BCUT2D eigenvalue weighted by atomic mass is 10.0. The quantitative estimate of drug-likeness (QED) is 0.780. The van der Waals surface area contributed by atoms with Crippen LogP contribution in [0.5, 0.6) is 0 Å². The minimum absolute atomic E-state index is 0.121. The molecule has 1 atom stereocenters. The normalized spacial score (nSPS) is 12.8. The molecule has 0 spiro atoms. The highest BCUT2D eigenvalue weighted by Crippen LogP contribution is 2.29. The summed E-state index contributed by atoms with van der Waals surface area (Å²) in [4.78, 5) is 23.0. The number of urea groups is 1. The topological polar surface area (TPSA) is 84.2 Å². The van der Waals surface area contributed by atoms with Crippen LogP contribution in [-0.4, -0.2) is 18.0 Å². The van der Waals surface area contributed by atoms with Gasteiger partial charge in [0.1, 0.15) is 6.04 Å². The number of amides is 3. The molecule has 0 aromatic heterocycles. The maximum atomic E-state index is 12.4. The number of carbonyl (C=O) groups is 2. The van der Waals surface area contributed by atoms with E-state index in [1.165, 1.54) is 0 Å². The molecule has 0 fully saturated rings. The first kappa shape index (κ1) is 17.8. The molecule has 3 amide bonds. The third kappa shape index (κ3) is 5.63. The number of hydrogen-bond acceptors (Lipinski definition) is 2. The number of nitrogens with two attached hydrogens (primary N) is 1. The minimum Gasteiger partial charge on any atom is -0.352 e. The van der Waals surface area contributed by atoms with Crippen molar-refractivity contribution in [1.29, 1.82) is 0 Å². The van der Waals surface area contributed by atoms with E-state index in [1.54, 1.807) is 0 Å². The second-order valence-corrected chi connectivity index (χ2v) is 5.26. The van der Waals surface area contributed by atoms with E-state index in [-0.39, 0.29) is 11.6 Å². The van der Waals surface area contributed by atoms with Gasteiger partial charge in [-0.2, -0.15) is 13.2 Å². The molecule has 0 saturated heterocycles. The number of carbonyl (C=O) groups excluding carboxylic acids is 2. The Morgan fingerprint density at radius 2 is 1.73 bits per heavy atom. The maximum absolute atomic E-state index is 12.4. The van der Waals surface area contributed by atoms with Crippen LogP contribution in [0.15, 0.2) is 24.3 Å². The summed E-state index contributed by atoms with van der Waals surface area (Å²) in [7, 11) is 0. The summed E-state index contributed by atoms with van der Waals surface area (Å²) in [5.41, 5.74) is 4.41. The molecule has 0 saturated carbocycles. The van der Waals surface area contributed by atoms with Crippen LogP contribution in [0.3, 0.4) is 0 Å². The lowest BCUT2D eigenvalue weighted by Crippen LogP contribution is -2.46. The van der Waals surface area contributed by atoms with Gasteiger partial charge < -0.3 is 16.4 Å². The van der Waals surface area contributed by atoms with Gasteiger partial charge in [0.25, 0.3) is 0 Å². The SMILES string of the molecule is CC(C)CC(NC(N)=O)C(=O)Nc1ccc(C(F)(F)F)cc1. The van der Waals surface area contributed by atoms with Crippen molar-refractivity contribution >= 4 is 17.6 Å². The van der Waals surface area contributed by atoms with Gasteiger partial charge >= 0.3 is 12.2 Å². The number of hydrogen-bond donors (Lipinski definition) is 3. The van der Waals surface area contributed by atoms with Crippen LogP contribution in [0.25, 0.3) is 0 Å². The Bertz CT molecular complexity index is 527. The lowest BCUT2D eigenvalue weighted by Gasteiger charge is -2.19. The molecule has 5 nitrogen and oxygen atoms in total. The van der Waals surface area contributed by atoms with Crippen LogP contribution >= 0.6 is 0 Å². The Hall–Kier alpha value is -2.25. The van der Waals surface area contributed by atoms with E-state index in [2.05, 4.69) is 10.6 Å². The monoisotopic (exact) mass is 317 g/mol. The highest BCUT2D eigenvalue weighted by molar-refractivity contribution is 5.96. The van der Waals surface area contributed by atoms with Crippen LogP contribution < -0.4 is 16.4 Å². The molecule has 1 aromatic carbocycles. The standard InChI is InChI=1S/C14H18F3N3O2/c1-8(2)7-11(20-13(18)22)12(21)19-10-5-3-9(4-6-10)14(15,16)17/h3-6,8,11H,7H2,1-2H3,(H,19,21)(H3,18,20,22). The van der Waals surface area contributed by atoms with Gasteiger partial charge in [0.15, 0.2) is 0 Å². The van der Waals surface area contributed by atoms with Gasteiger partial charge in [-0.3, -0.25) is 4.79 Å². The Balaban J connectivity index is 2.78. The summed E-state index contributed by atoms with van der Waals surface area (Å²) in [5.74, 6) is -0.414. The first-order valence-corrected chi connectivity index (χ1v) is 6.63. The molecule has 0 aliphatic carbocycles. The minimum atomic E-state index is -4.43. The highest BCUT2D eigenvalue weighted by Gasteiger charge is 2.30. The molecule has 0 bridgehead atoms. The molecule has 22 heavy (non-hydrogen) atoms. The summed E-state index contributed by atoms with van der Waals surface area (Å²) >= 11 is 0. The molecular formula is C14H18F3N3O2. The fourth-order valence-electron chi connectivity index (χ4n) is 1.85. The van der Waals surface area contributed by atoms with Gasteiger partial charge in [0.2, 0.25) is 5.91 Å². The number of halogens is 3. The number of rotatable bonds is 5. The van der Waals surface area contributed by atoms with E-state index in [0.717, 1.165) is 24.3 Å². The zero-order chi connectivity index (χ0) is 16.9. The van der Waals surface area contributed by atoms with Crippen LogP contribution in [-0.2, 0) is 11.0 Å². The van der Waals surface area contributed by atoms with Crippen molar-refractivity contribution in [2.45, 2.75) is 32.5 Å². The van der Waals surface area contributed by atoms with E-state index in [0.29, 0.717) is 6.42 Å². The number of alkyl halides is 3. The molecule has 0 aliphatic heterocycles. The van der Waals surface area contributed by atoms with E-state index in [9.17, 15) is 22.8 Å². The first-order chi connectivity index (χ1) is 10.1. The van der Waals surface area contributed by atoms with Gasteiger partial charge in [-0.15, -0.1) is 0 Å². The Kier molecular flexibility index (Phi) is 5.78. The van der Waals surface area contributed by atoms with Gasteiger partial charge in [-0.25, -0.2) is 4.79 Å². The summed E-state index contributed by atoms with van der Waals surface area (Å²) in [5, 5.41) is 4.77. The second kappa shape index (κ2) is 7.15. The molecule has 122 valence electrons. The van der Waals surface area contributed by atoms with Gasteiger partial charge in [-0.1, -0.05) is 13.8 Å². The second-order valence-electron chi connectivity index (χ2n) is 5.26. The van der Waals surface area contributed by atoms with E-state index in [4.69, 9.17) is 5.73 Å². The maximum Gasteiger partial charge on any atom is 0.416 e. The predicted molar refractivity (Wildman–Crippen MR) is 76.0 cm³/mol. The van der Waals surface area contributed by atoms with E-state index in [1.807, 2.05) is 13.8 Å². The predicted octanol–water partition coefficient (Wildman–Crippen LogP) is 2.73. The zero-order valence-corrected chi connectivity index (χ0v) is 12.2. The average Bonchev–Trinajstić information content (AvgIpc) is 2.36. The molecule has 0 heterocycles. The molecule has 0 aliphatic rings. The lowest BCUT2D eigenvalue weighted by molar-refractivity contribution is -0.137. The summed E-state index contributed by atoms with van der Waals surface area (Å²) in [6.07, 6.45) is -4.08. The van der Waals surface area contributed by atoms with Crippen LogP contribution in [0.4, 0.5) is 23.7 Å². The molecular weight excluding hydrogens is 299 g/mol. The molecule has 1 rings (SSSR count). The van der Waals surface area contributed by atoms with Crippen molar-refractivity contribution in [3.63, 3.8) is 0 Å². The number of primary amides is 1. The molecule has 1 aromatic rings. The fraction of sp³-hybridized carbons (Fsp3) is 0.429. The van der Waals surface area contributed by atoms with Gasteiger partial charge in [0.05, 0.1) is 5.56 Å². The molecule has 4 N–H and O–H groups in total. The number of nitrogens with one attached hydrogen (secondary N) is 2. The number of benzene rings is 1. The van der Waals surface area contributed by atoms with Crippen molar-refractivity contribution < 1.29 is 22.8 Å². The van der Waals surface area contributed by atoms with Crippen molar-refractivity contribution in [1.82, 2.24) is 5.32 Å². The average molecular weight is 317 g/mol. The third-order valence-electron chi connectivity index (χ3n) is 2.82. The van der Waals surface area contributed by atoms with Crippen LogP contribution in [0.1, 0.15) is 25.8 Å². The van der Waals surface area contributed by atoms with E-state index >= 15 is 0 Å². The van der Waals surface area contributed by atoms with Gasteiger partial charge in [-0.05, 0) is 36.6 Å². The highest BCUT2D eigenvalue weighted by atomic mass is 19.4. The molecule has 1 unspecified atom stereocenters. The smallest absolute Gasteiger partial charge is 0.352 e. The molecule has 8 heteroatoms. The van der Waals surface area contributed by atoms with Gasteiger partial charge in [0, 0.05) is 5.69 Å². The largest absolute Gasteiger partial charge is 0.416 e. The Morgan fingerprint density at radius 3 is 2.14 bits per heavy atom. The van der Waals surface area contributed by atoms with Crippen molar-refractivity contribution in [2.24, 2.45) is 11.7 Å². The third-order valence-corrected chi connectivity index (χ3v) is 2.82. The molecule has 0 radical (unpaired) electrons. The number of anilines is 1. The van der Waals surface area contributed by atoms with Crippen LogP contribution in [0.2, 0.25) is 0 Å². The zero-order valence-electron chi connectivity index (χ0n) is 12.2. The first-order valence-electron chi connectivity index (χ1n) is 6.63. The van der Waals surface area contributed by atoms with E-state index < -0.39 is 29.7 Å². The summed E-state index contributed by atoms with van der Waals surface area (Å²) < 4.78 is 37.3.